The van der Waals surface area contributed by atoms with Crippen LogP contribution in [0.1, 0.15) is 20.7 Å². The first kappa shape index (κ1) is 29.3. The predicted octanol–water partition coefficient (Wildman–Crippen LogP) is 6.70. The lowest BCUT2D eigenvalue weighted by atomic mass is 9.89. The molecule has 0 heterocycles. The molecule has 0 fully saturated rings. The van der Waals surface area contributed by atoms with E-state index in [1.165, 1.54) is 0 Å². The van der Waals surface area contributed by atoms with Gasteiger partial charge in [-0.1, -0.05) is 152 Å². The Labute approximate surface area is 259 Å². The monoisotopic (exact) mass is 610 g/mol. The highest BCUT2D eigenvalue weighted by Gasteiger charge is 2.35. The van der Waals surface area contributed by atoms with Crippen molar-refractivity contribution in [3.8, 4) is 11.1 Å². The molecule has 0 atom stereocenters. The number of carboxylic acid groups (broad SMARTS) is 2. The molecule has 0 aliphatic carbocycles. The summed E-state index contributed by atoms with van der Waals surface area (Å²) in [5, 5.41) is 28.8. The van der Waals surface area contributed by atoms with E-state index in [9.17, 15) is 19.8 Å². The van der Waals surface area contributed by atoms with Crippen LogP contribution >= 0.6 is 0 Å². The zero-order valence-electron chi connectivity index (χ0n) is 25.3. The Morgan fingerprint density at radius 3 is 1.61 bits per heavy atom. The summed E-state index contributed by atoms with van der Waals surface area (Å²) in [5.74, 6) is -1.97. The van der Waals surface area contributed by atoms with E-state index >= 15 is 0 Å². The van der Waals surface area contributed by atoms with Crippen LogP contribution in [0.25, 0.3) is 32.7 Å². The topological polar surface area (TPSA) is 74.6 Å². The molecule has 2 N–H and O–H groups in total. The third-order valence-corrected chi connectivity index (χ3v) is 16.2. The van der Waals surface area contributed by atoms with Gasteiger partial charge in [-0.15, -0.1) is 0 Å². The van der Waals surface area contributed by atoms with Crippen molar-refractivity contribution < 1.29 is 19.8 Å². The van der Waals surface area contributed by atoms with Crippen LogP contribution in [0.2, 0.25) is 26.2 Å². The second-order valence-electron chi connectivity index (χ2n) is 12.4. The largest absolute Gasteiger partial charge is 0.478 e. The van der Waals surface area contributed by atoms with E-state index in [0.29, 0.717) is 5.56 Å². The molecule has 0 saturated heterocycles. The fraction of sp³-hybridized carbons (Fsp3) is 0.105. The van der Waals surface area contributed by atoms with Crippen molar-refractivity contribution in [1.29, 1.82) is 0 Å². The summed E-state index contributed by atoms with van der Waals surface area (Å²) in [6.45, 7) is 8.74. The lowest BCUT2D eigenvalue weighted by Gasteiger charge is -2.28. The zero-order chi connectivity index (χ0) is 31.2. The van der Waals surface area contributed by atoms with E-state index in [4.69, 9.17) is 0 Å². The molecule has 0 saturated carbocycles. The molecule has 0 amide bonds. The normalized spacial score (nSPS) is 12.0. The Morgan fingerprint density at radius 1 is 0.523 bits per heavy atom. The smallest absolute Gasteiger partial charge is 0.336 e. The minimum Gasteiger partial charge on any atom is -0.478 e. The van der Waals surface area contributed by atoms with Gasteiger partial charge in [0, 0.05) is 5.56 Å². The third kappa shape index (κ3) is 4.86. The molecule has 0 aliphatic heterocycles. The molecule has 6 aromatic carbocycles. The van der Waals surface area contributed by atoms with E-state index < -0.39 is 28.1 Å². The number of rotatable bonds is 7. The van der Waals surface area contributed by atoms with Crippen molar-refractivity contribution in [2.75, 3.05) is 0 Å². The Bertz CT molecular complexity index is 2070. The molecule has 0 radical (unpaired) electrons. The summed E-state index contributed by atoms with van der Waals surface area (Å²) in [4.78, 5) is 26.2. The number of carbonyl (C=O) groups is 2. The quantitative estimate of drug-likeness (QED) is 0.197. The molecule has 4 nitrogen and oxygen atoms in total. The van der Waals surface area contributed by atoms with Gasteiger partial charge in [0.15, 0.2) is 0 Å². The van der Waals surface area contributed by atoms with Crippen LogP contribution in [0.5, 0.6) is 0 Å². The second kappa shape index (κ2) is 11.0. The van der Waals surface area contributed by atoms with Gasteiger partial charge in [-0.05, 0) is 43.5 Å². The Hall–Kier alpha value is -4.79. The maximum atomic E-state index is 13.3. The van der Waals surface area contributed by atoms with Gasteiger partial charge in [0.25, 0.3) is 0 Å². The first-order chi connectivity index (χ1) is 21.0. The van der Waals surface area contributed by atoms with E-state index in [0.717, 1.165) is 47.9 Å². The molecule has 44 heavy (non-hydrogen) atoms. The lowest BCUT2D eigenvalue weighted by molar-refractivity contribution is 0.0688. The summed E-state index contributed by atoms with van der Waals surface area (Å²) >= 11 is 0. The number of fused-ring (bicyclic) bond motifs is 2. The molecule has 0 unspecified atom stereocenters. The van der Waals surface area contributed by atoms with Crippen LogP contribution in [0, 0.1) is 0 Å². The summed E-state index contributed by atoms with van der Waals surface area (Å²) in [5.41, 5.74) is 1.92. The maximum Gasteiger partial charge on any atom is 0.336 e. The molecular formula is C38H34O4Si2. The second-order valence-corrected chi connectivity index (χ2v) is 21.1. The summed E-state index contributed by atoms with van der Waals surface area (Å²) in [6, 6.07) is 39.9. The van der Waals surface area contributed by atoms with Crippen LogP contribution in [0.15, 0.2) is 121 Å². The number of carboxylic acids is 2. The van der Waals surface area contributed by atoms with Crippen molar-refractivity contribution in [3.05, 3.63) is 132 Å². The van der Waals surface area contributed by atoms with Crippen LogP contribution in [0.4, 0.5) is 0 Å². The Morgan fingerprint density at radius 2 is 1.02 bits per heavy atom. The van der Waals surface area contributed by atoms with Crippen LogP contribution < -0.4 is 20.7 Å². The third-order valence-electron chi connectivity index (χ3n) is 9.12. The number of aromatic carboxylic acids is 2. The van der Waals surface area contributed by atoms with Gasteiger partial charge in [-0.2, -0.15) is 0 Å². The van der Waals surface area contributed by atoms with Crippen molar-refractivity contribution in [1.82, 2.24) is 0 Å². The molecule has 6 aromatic rings. The molecule has 6 heteroatoms. The Balaban J connectivity index is 1.71. The average Bonchev–Trinajstić information content (AvgIpc) is 3.03. The zero-order valence-corrected chi connectivity index (χ0v) is 27.3. The number of hydrogen-bond donors (Lipinski definition) is 2. The Kier molecular flexibility index (Phi) is 7.35. The van der Waals surface area contributed by atoms with Crippen molar-refractivity contribution in [2.45, 2.75) is 26.2 Å². The van der Waals surface area contributed by atoms with E-state index in [1.807, 2.05) is 84.9 Å². The van der Waals surface area contributed by atoms with Gasteiger partial charge < -0.3 is 10.2 Å². The fourth-order valence-electron chi connectivity index (χ4n) is 6.60. The maximum absolute atomic E-state index is 13.3. The molecule has 218 valence electrons. The van der Waals surface area contributed by atoms with E-state index in [1.54, 1.807) is 6.07 Å². The fourth-order valence-corrected chi connectivity index (χ4v) is 12.0. The van der Waals surface area contributed by atoms with E-state index in [-0.39, 0.29) is 11.1 Å². The predicted molar refractivity (Wildman–Crippen MR) is 187 cm³/mol. The highest BCUT2D eigenvalue weighted by molar-refractivity contribution is 7.01. The van der Waals surface area contributed by atoms with Gasteiger partial charge >= 0.3 is 11.9 Å². The summed E-state index contributed by atoms with van der Waals surface area (Å²) in [7, 11) is -4.87. The molecule has 0 aliphatic rings. The SMILES string of the molecule is C[Si](C)(c1ccccc1)c1cc2cccc(-c3c(C(=O)O)c([Si](C)(C)c4ccccc4)cc4ccccc34)c2cc1C(=O)O. The van der Waals surface area contributed by atoms with Gasteiger partial charge in [0.2, 0.25) is 0 Å². The van der Waals surface area contributed by atoms with Gasteiger partial charge in [0.1, 0.15) is 16.1 Å². The van der Waals surface area contributed by atoms with Crippen LogP contribution in [-0.2, 0) is 0 Å². The minimum atomic E-state index is -2.48. The van der Waals surface area contributed by atoms with Crippen molar-refractivity contribution >= 4 is 70.4 Å². The molecule has 0 spiro atoms. The summed E-state index contributed by atoms with van der Waals surface area (Å²) in [6.07, 6.45) is 0. The minimum absolute atomic E-state index is 0.266. The van der Waals surface area contributed by atoms with Crippen molar-refractivity contribution in [2.24, 2.45) is 0 Å². The van der Waals surface area contributed by atoms with Gasteiger partial charge in [-0.3, -0.25) is 0 Å². The number of hydrogen-bond acceptors (Lipinski definition) is 2. The van der Waals surface area contributed by atoms with Gasteiger partial charge in [0.05, 0.1) is 11.1 Å². The standard InChI is InChI=1S/C38H34O4Si2/c1-43(2,27-16-7-5-8-17-27)33-22-26-15-13-21-30(31(26)24-32(33)37(39)40)35-29-20-12-11-14-25(29)23-34(36(35)38(41)42)44(3,4)28-18-9-6-10-19-28/h5-24H,1-4H3,(H,39,40)(H,41,42). The summed E-state index contributed by atoms with van der Waals surface area (Å²) < 4.78 is 0. The number of benzene rings is 6. The van der Waals surface area contributed by atoms with Crippen molar-refractivity contribution in [3.63, 3.8) is 0 Å². The lowest BCUT2D eigenvalue weighted by Crippen LogP contribution is -2.55. The van der Waals surface area contributed by atoms with E-state index in [2.05, 4.69) is 56.5 Å². The average molecular weight is 611 g/mol. The molecule has 6 rings (SSSR count). The van der Waals surface area contributed by atoms with Gasteiger partial charge in [-0.25, -0.2) is 9.59 Å². The molecular weight excluding hydrogens is 577 g/mol. The highest BCUT2D eigenvalue weighted by Crippen LogP contribution is 2.37. The first-order valence-corrected chi connectivity index (χ1v) is 20.7. The molecule has 0 bridgehead atoms. The molecule has 0 aromatic heterocycles. The van der Waals surface area contributed by atoms with Crippen LogP contribution in [0.3, 0.4) is 0 Å². The first-order valence-electron chi connectivity index (χ1n) is 14.7. The highest BCUT2D eigenvalue weighted by atomic mass is 28.3. The van der Waals surface area contributed by atoms with Crippen LogP contribution in [-0.4, -0.2) is 38.3 Å².